The first-order chi connectivity index (χ1) is 10.8. The van der Waals surface area contributed by atoms with Crippen LogP contribution in [0.1, 0.15) is 24.1 Å². The Bertz CT molecular complexity index is 704. The summed E-state index contributed by atoms with van der Waals surface area (Å²) in [6, 6.07) is 14.8. The van der Waals surface area contributed by atoms with Crippen molar-refractivity contribution >= 4 is 11.7 Å². The van der Waals surface area contributed by atoms with Crippen molar-refractivity contribution < 1.29 is 4.79 Å². The van der Waals surface area contributed by atoms with Gasteiger partial charge in [-0.15, -0.1) is 0 Å². The van der Waals surface area contributed by atoms with Crippen molar-refractivity contribution in [1.82, 2.24) is 9.88 Å². The van der Waals surface area contributed by atoms with Crippen LogP contribution in [0.2, 0.25) is 0 Å². The van der Waals surface area contributed by atoms with E-state index in [-0.39, 0.29) is 12.1 Å². The lowest BCUT2D eigenvalue weighted by atomic mass is 10.2. The number of hydrogen-bond acceptors (Lipinski definition) is 3. The van der Waals surface area contributed by atoms with Crippen LogP contribution in [0.15, 0.2) is 48.7 Å². The van der Waals surface area contributed by atoms with Gasteiger partial charge in [0.2, 0.25) is 0 Å². The van der Waals surface area contributed by atoms with Gasteiger partial charge in [0.15, 0.2) is 0 Å². The highest BCUT2D eigenvalue weighted by Crippen LogP contribution is 2.28. The Morgan fingerprint density at radius 1 is 1.32 bits per heavy atom. The fourth-order valence-electron chi connectivity index (χ4n) is 2.28. The minimum atomic E-state index is -0.150. The van der Waals surface area contributed by atoms with Crippen LogP contribution in [-0.2, 0) is 6.54 Å². The second-order valence-electron chi connectivity index (χ2n) is 5.30. The maximum Gasteiger partial charge on any atom is 0.322 e. The number of pyridine rings is 1. The summed E-state index contributed by atoms with van der Waals surface area (Å²) < 4.78 is 0. The molecule has 1 fully saturated rings. The molecule has 0 aliphatic heterocycles. The minimum Gasteiger partial charge on any atom is -0.316 e. The first kappa shape index (κ1) is 14.1. The third-order valence-electron chi connectivity index (χ3n) is 3.55. The van der Waals surface area contributed by atoms with E-state index in [4.69, 9.17) is 5.26 Å². The number of aromatic nitrogens is 1. The molecule has 1 saturated carbocycles. The average molecular weight is 292 g/mol. The molecule has 22 heavy (non-hydrogen) atoms. The summed E-state index contributed by atoms with van der Waals surface area (Å²) in [5, 5.41) is 11.8. The number of nitriles is 1. The van der Waals surface area contributed by atoms with Crippen molar-refractivity contribution in [2.24, 2.45) is 0 Å². The Hall–Kier alpha value is -2.87. The lowest BCUT2D eigenvalue weighted by molar-refractivity contribution is 0.205. The van der Waals surface area contributed by atoms with Crippen LogP contribution in [0, 0.1) is 11.3 Å². The molecule has 1 aliphatic carbocycles. The van der Waals surface area contributed by atoms with E-state index in [9.17, 15) is 4.79 Å². The average Bonchev–Trinajstić information content (AvgIpc) is 3.38. The lowest BCUT2D eigenvalue weighted by Gasteiger charge is -2.22. The first-order valence-electron chi connectivity index (χ1n) is 7.24. The van der Waals surface area contributed by atoms with Crippen molar-refractivity contribution in [2.45, 2.75) is 25.4 Å². The first-order valence-corrected chi connectivity index (χ1v) is 7.24. The predicted molar refractivity (Wildman–Crippen MR) is 83.0 cm³/mol. The molecule has 1 aromatic heterocycles. The Balaban J connectivity index is 1.71. The van der Waals surface area contributed by atoms with Crippen molar-refractivity contribution in [3.63, 3.8) is 0 Å². The van der Waals surface area contributed by atoms with E-state index < -0.39 is 0 Å². The molecule has 0 radical (unpaired) electrons. The van der Waals surface area contributed by atoms with Gasteiger partial charge in [0.05, 0.1) is 23.9 Å². The van der Waals surface area contributed by atoms with Gasteiger partial charge >= 0.3 is 6.03 Å². The molecule has 1 heterocycles. The number of urea groups is 1. The molecule has 110 valence electrons. The molecule has 0 bridgehead atoms. The molecule has 0 atom stereocenters. The molecular weight excluding hydrogens is 276 g/mol. The Labute approximate surface area is 129 Å². The quantitative estimate of drug-likeness (QED) is 0.941. The van der Waals surface area contributed by atoms with E-state index in [1.165, 1.54) is 0 Å². The Morgan fingerprint density at radius 2 is 2.18 bits per heavy atom. The van der Waals surface area contributed by atoms with Crippen LogP contribution in [0.25, 0.3) is 0 Å². The van der Waals surface area contributed by atoms with Gasteiger partial charge in [-0.05, 0) is 43.2 Å². The van der Waals surface area contributed by atoms with E-state index in [0.29, 0.717) is 17.8 Å². The predicted octanol–water partition coefficient (Wildman–Crippen LogP) is 3.15. The third-order valence-corrected chi connectivity index (χ3v) is 3.55. The van der Waals surface area contributed by atoms with Gasteiger partial charge in [0.1, 0.15) is 0 Å². The van der Waals surface area contributed by atoms with Gasteiger partial charge in [-0.1, -0.05) is 12.1 Å². The summed E-state index contributed by atoms with van der Waals surface area (Å²) in [7, 11) is 0. The molecule has 2 aromatic rings. The molecule has 2 amide bonds. The number of nitrogens with one attached hydrogen (secondary N) is 1. The van der Waals surface area contributed by atoms with Crippen molar-refractivity contribution in [2.75, 3.05) is 5.32 Å². The van der Waals surface area contributed by atoms with E-state index in [0.717, 1.165) is 18.5 Å². The summed E-state index contributed by atoms with van der Waals surface area (Å²) >= 11 is 0. The van der Waals surface area contributed by atoms with Gasteiger partial charge in [-0.3, -0.25) is 4.98 Å². The molecule has 1 N–H and O–H groups in total. The van der Waals surface area contributed by atoms with E-state index in [1.54, 1.807) is 35.4 Å². The zero-order valence-electron chi connectivity index (χ0n) is 12.1. The minimum absolute atomic E-state index is 0.150. The lowest BCUT2D eigenvalue weighted by Crippen LogP contribution is -2.36. The summed E-state index contributed by atoms with van der Waals surface area (Å²) in [5.74, 6) is 0. The van der Waals surface area contributed by atoms with E-state index >= 15 is 0 Å². The van der Waals surface area contributed by atoms with Crippen LogP contribution in [0.4, 0.5) is 10.5 Å². The normalized spacial score (nSPS) is 13.2. The zero-order valence-corrected chi connectivity index (χ0v) is 12.1. The van der Waals surface area contributed by atoms with Crippen LogP contribution in [0.5, 0.6) is 0 Å². The van der Waals surface area contributed by atoms with Crippen LogP contribution in [0.3, 0.4) is 0 Å². The maximum absolute atomic E-state index is 12.5. The Kier molecular flexibility index (Phi) is 4.01. The fraction of sp³-hybridized carbons (Fsp3) is 0.235. The number of hydrogen-bond donors (Lipinski definition) is 1. The number of anilines is 1. The molecule has 3 rings (SSSR count). The fourth-order valence-corrected chi connectivity index (χ4v) is 2.28. The molecule has 5 nitrogen and oxygen atoms in total. The number of benzene rings is 1. The SMILES string of the molecule is N#Cc1cccc(NC(=O)N(Cc2ccccn2)C2CC2)c1. The Morgan fingerprint density at radius 3 is 2.86 bits per heavy atom. The summed E-state index contributed by atoms with van der Waals surface area (Å²) in [4.78, 5) is 18.6. The highest BCUT2D eigenvalue weighted by atomic mass is 16.2. The van der Waals surface area contributed by atoms with Gasteiger partial charge in [0.25, 0.3) is 0 Å². The van der Waals surface area contributed by atoms with Gasteiger partial charge < -0.3 is 10.2 Å². The largest absolute Gasteiger partial charge is 0.322 e. The van der Waals surface area contributed by atoms with Crippen molar-refractivity contribution in [1.29, 1.82) is 5.26 Å². The smallest absolute Gasteiger partial charge is 0.316 e. The number of carbonyl (C=O) groups is 1. The summed E-state index contributed by atoms with van der Waals surface area (Å²) in [6.07, 6.45) is 3.78. The molecule has 1 aliphatic rings. The monoisotopic (exact) mass is 292 g/mol. The van der Waals surface area contributed by atoms with Gasteiger partial charge in [-0.25, -0.2) is 4.79 Å². The number of nitrogens with zero attached hydrogens (tertiary/aromatic N) is 3. The highest BCUT2D eigenvalue weighted by Gasteiger charge is 2.32. The molecule has 0 spiro atoms. The van der Waals surface area contributed by atoms with Gasteiger partial charge in [0, 0.05) is 17.9 Å². The van der Waals surface area contributed by atoms with Crippen molar-refractivity contribution in [3.05, 3.63) is 59.9 Å². The molecule has 5 heteroatoms. The van der Waals surface area contributed by atoms with E-state index in [1.807, 2.05) is 18.2 Å². The molecule has 1 aromatic carbocycles. The van der Waals surface area contributed by atoms with E-state index in [2.05, 4.69) is 16.4 Å². The molecule has 0 saturated heterocycles. The topological polar surface area (TPSA) is 69.0 Å². The third kappa shape index (κ3) is 3.41. The van der Waals surface area contributed by atoms with Crippen LogP contribution < -0.4 is 5.32 Å². The van der Waals surface area contributed by atoms with Gasteiger partial charge in [-0.2, -0.15) is 5.26 Å². The molecule has 0 unspecified atom stereocenters. The van der Waals surface area contributed by atoms with Crippen molar-refractivity contribution in [3.8, 4) is 6.07 Å². The molecular formula is C17H16N4O. The standard InChI is InChI=1S/C17H16N4O/c18-11-13-4-3-6-14(10-13)20-17(22)21(16-7-8-16)12-15-5-1-2-9-19-15/h1-6,9-10,16H,7-8,12H2,(H,20,22). The second-order valence-corrected chi connectivity index (χ2v) is 5.30. The summed E-state index contributed by atoms with van der Waals surface area (Å²) in [6.45, 7) is 0.495. The van der Waals surface area contributed by atoms with Crippen LogP contribution in [-0.4, -0.2) is 22.0 Å². The summed E-state index contributed by atoms with van der Waals surface area (Å²) in [5.41, 5.74) is 2.03. The maximum atomic E-state index is 12.5. The highest BCUT2D eigenvalue weighted by molar-refractivity contribution is 5.89. The number of rotatable bonds is 4. The zero-order chi connectivity index (χ0) is 15.4. The second kappa shape index (κ2) is 6.27. The number of amides is 2. The van der Waals surface area contributed by atoms with Crippen LogP contribution >= 0.6 is 0 Å². The number of carbonyl (C=O) groups excluding carboxylic acids is 1.